The first-order chi connectivity index (χ1) is 9.78. The van der Waals surface area contributed by atoms with Gasteiger partial charge in [0.2, 0.25) is 0 Å². The quantitative estimate of drug-likeness (QED) is 0.671. The molecule has 3 rings (SSSR count). The van der Waals surface area contributed by atoms with Crippen molar-refractivity contribution >= 4 is 21.5 Å². The van der Waals surface area contributed by atoms with E-state index < -0.39 is 0 Å². The SMILES string of the molecule is COc1ccc2ccc3ccc(OC)c(OC)c3c2c1. The lowest BCUT2D eigenvalue weighted by molar-refractivity contribution is 0.359. The van der Waals surface area contributed by atoms with Crippen LogP contribution >= 0.6 is 0 Å². The molecule has 0 unspecified atom stereocenters. The minimum atomic E-state index is 0.732. The summed E-state index contributed by atoms with van der Waals surface area (Å²) < 4.78 is 16.3. The summed E-state index contributed by atoms with van der Waals surface area (Å²) in [5.74, 6) is 2.31. The monoisotopic (exact) mass is 268 g/mol. The Labute approximate surface area is 117 Å². The first kappa shape index (κ1) is 12.6. The van der Waals surface area contributed by atoms with Crippen molar-refractivity contribution in [3.8, 4) is 17.2 Å². The van der Waals surface area contributed by atoms with Gasteiger partial charge in [-0.25, -0.2) is 0 Å². The van der Waals surface area contributed by atoms with Crippen molar-refractivity contribution in [1.29, 1.82) is 0 Å². The van der Waals surface area contributed by atoms with Gasteiger partial charge in [0, 0.05) is 5.39 Å². The number of methoxy groups -OCH3 is 3. The van der Waals surface area contributed by atoms with E-state index in [4.69, 9.17) is 14.2 Å². The van der Waals surface area contributed by atoms with Crippen LogP contribution in [0.4, 0.5) is 0 Å². The van der Waals surface area contributed by atoms with E-state index in [0.29, 0.717) is 0 Å². The van der Waals surface area contributed by atoms with E-state index in [1.165, 1.54) is 0 Å². The van der Waals surface area contributed by atoms with Crippen LogP contribution in [0.2, 0.25) is 0 Å². The molecule has 0 saturated heterocycles. The molecule has 0 aliphatic rings. The average molecular weight is 268 g/mol. The molecule has 0 aromatic heterocycles. The molecule has 0 radical (unpaired) electrons. The fourth-order valence-electron chi connectivity index (χ4n) is 2.56. The maximum atomic E-state index is 5.57. The van der Waals surface area contributed by atoms with Gasteiger partial charge in [-0.1, -0.05) is 24.3 Å². The Kier molecular flexibility index (Phi) is 3.11. The van der Waals surface area contributed by atoms with Gasteiger partial charge in [-0.05, 0) is 34.4 Å². The lowest BCUT2D eigenvalue weighted by Gasteiger charge is -2.13. The van der Waals surface area contributed by atoms with Gasteiger partial charge in [-0.2, -0.15) is 0 Å². The van der Waals surface area contributed by atoms with E-state index in [0.717, 1.165) is 38.8 Å². The van der Waals surface area contributed by atoms with Crippen LogP contribution in [-0.2, 0) is 0 Å². The Bertz CT molecular complexity index is 778. The normalized spacial score (nSPS) is 10.8. The van der Waals surface area contributed by atoms with Gasteiger partial charge < -0.3 is 14.2 Å². The van der Waals surface area contributed by atoms with Crippen molar-refractivity contribution < 1.29 is 14.2 Å². The Morgan fingerprint density at radius 2 is 1.40 bits per heavy atom. The van der Waals surface area contributed by atoms with Crippen molar-refractivity contribution in [2.24, 2.45) is 0 Å². The molecule has 102 valence electrons. The summed E-state index contributed by atoms with van der Waals surface area (Å²) in [6.45, 7) is 0. The highest BCUT2D eigenvalue weighted by Crippen LogP contribution is 2.40. The molecule has 20 heavy (non-hydrogen) atoms. The van der Waals surface area contributed by atoms with Crippen LogP contribution in [0, 0.1) is 0 Å². The number of fused-ring (bicyclic) bond motifs is 3. The van der Waals surface area contributed by atoms with Crippen LogP contribution in [0.15, 0.2) is 42.5 Å². The summed E-state index contributed by atoms with van der Waals surface area (Å²) in [5.41, 5.74) is 0. The average Bonchev–Trinajstić information content (AvgIpc) is 2.52. The van der Waals surface area contributed by atoms with Gasteiger partial charge in [0.1, 0.15) is 5.75 Å². The Morgan fingerprint density at radius 1 is 0.700 bits per heavy atom. The molecule has 3 aromatic rings. The number of rotatable bonds is 3. The molecule has 0 fully saturated rings. The zero-order valence-corrected chi connectivity index (χ0v) is 11.8. The van der Waals surface area contributed by atoms with Crippen LogP contribution in [0.3, 0.4) is 0 Å². The molecule has 0 amide bonds. The summed E-state index contributed by atoms with van der Waals surface area (Å²) in [5, 5.41) is 4.40. The van der Waals surface area contributed by atoms with Crippen molar-refractivity contribution in [3.63, 3.8) is 0 Å². The Hall–Kier alpha value is -2.42. The predicted octanol–water partition coefficient (Wildman–Crippen LogP) is 4.02. The summed E-state index contributed by atoms with van der Waals surface area (Å²) in [7, 11) is 4.98. The van der Waals surface area contributed by atoms with Crippen LogP contribution in [0.1, 0.15) is 0 Å². The lowest BCUT2D eigenvalue weighted by Crippen LogP contribution is -1.92. The molecule has 0 aliphatic carbocycles. The fourth-order valence-corrected chi connectivity index (χ4v) is 2.56. The first-order valence-corrected chi connectivity index (χ1v) is 6.40. The third-order valence-electron chi connectivity index (χ3n) is 3.55. The van der Waals surface area contributed by atoms with Gasteiger partial charge in [0.25, 0.3) is 0 Å². The van der Waals surface area contributed by atoms with E-state index in [2.05, 4.69) is 12.1 Å². The molecule has 3 heteroatoms. The number of hydrogen-bond acceptors (Lipinski definition) is 3. The Balaban J connectivity index is 2.49. The molecule has 0 bridgehead atoms. The molecule has 0 atom stereocenters. The van der Waals surface area contributed by atoms with Crippen molar-refractivity contribution in [2.45, 2.75) is 0 Å². The number of ether oxygens (including phenoxy) is 3. The van der Waals surface area contributed by atoms with Crippen LogP contribution in [0.25, 0.3) is 21.5 Å². The molecular formula is C17H16O3. The highest BCUT2D eigenvalue weighted by Gasteiger charge is 2.12. The second-order valence-electron chi connectivity index (χ2n) is 4.55. The fraction of sp³-hybridized carbons (Fsp3) is 0.176. The maximum Gasteiger partial charge on any atom is 0.169 e. The van der Waals surface area contributed by atoms with Gasteiger partial charge >= 0.3 is 0 Å². The first-order valence-electron chi connectivity index (χ1n) is 6.40. The molecule has 0 saturated carbocycles. The number of hydrogen-bond donors (Lipinski definition) is 0. The molecule has 3 aromatic carbocycles. The van der Waals surface area contributed by atoms with Gasteiger partial charge in [0.15, 0.2) is 11.5 Å². The van der Waals surface area contributed by atoms with E-state index >= 15 is 0 Å². The number of benzene rings is 3. The summed E-state index contributed by atoms with van der Waals surface area (Å²) in [6, 6.07) is 14.2. The third-order valence-corrected chi connectivity index (χ3v) is 3.55. The maximum absolute atomic E-state index is 5.57. The van der Waals surface area contributed by atoms with E-state index in [9.17, 15) is 0 Å². The van der Waals surface area contributed by atoms with Gasteiger partial charge in [-0.3, -0.25) is 0 Å². The molecule has 0 N–H and O–H groups in total. The standard InChI is InChI=1S/C17H16O3/c1-18-13-8-6-11-4-5-12-7-9-15(19-2)17(20-3)16(12)14(11)10-13/h4-10H,1-3H3. The Morgan fingerprint density at radius 3 is 2.10 bits per heavy atom. The minimum Gasteiger partial charge on any atom is -0.497 e. The highest BCUT2D eigenvalue weighted by atomic mass is 16.5. The predicted molar refractivity (Wildman–Crippen MR) is 81.1 cm³/mol. The molecule has 0 aliphatic heterocycles. The largest absolute Gasteiger partial charge is 0.497 e. The zero-order chi connectivity index (χ0) is 14.1. The van der Waals surface area contributed by atoms with Crippen molar-refractivity contribution in [3.05, 3.63) is 42.5 Å². The topological polar surface area (TPSA) is 27.7 Å². The van der Waals surface area contributed by atoms with E-state index in [-0.39, 0.29) is 0 Å². The molecule has 0 heterocycles. The smallest absolute Gasteiger partial charge is 0.169 e. The van der Waals surface area contributed by atoms with Crippen LogP contribution in [-0.4, -0.2) is 21.3 Å². The van der Waals surface area contributed by atoms with Gasteiger partial charge in [-0.15, -0.1) is 0 Å². The highest BCUT2D eigenvalue weighted by molar-refractivity contribution is 6.11. The molecular weight excluding hydrogens is 252 g/mol. The van der Waals surface area contributed by atoms with Crippen LogP contribution < -0.4 is 14.2 Å². The summed E-state index contributed by atoms with van der Waals surface area (Å²) >= 11 is 0. The lowest BCUT2D eigenvalue weighted by atomic mass is 10.0. The van der Waals surface area contributed by atoms with E-state index in [1.54, 1.807) is 21.3 Å². The van der Waals surface area contributed by atoms with Crippen molar-refractivity contribution in [2.75, 3.05) is 21.3 Å². The zero-order valence-electron chi connectivity index (χ0n) is 11.8. The van der Waals surface area contributed by atoms with E-state index in [1.807, 2.05) is 30.3 Å². The third kappa shape index (κ3) is 1.83. The molecule has 3 nitrogen and oxygen atoms in total. The second-order valence-corrected chi connectivity index (χ2v) is 4.55. The minimum absolute atomic E-state index is 0.732. The van der Waals surface area contributed by atoms with Crippen molar-refractivity contribution in [1.82, 2.24) is 0 Å². The second kappa shape index (κ2) is 4.93. The summed E-state index contributed by atoms with van der Waals surface area (Å²) in [6.07, 6.45) is 0. The van der Waals surface area contributed by atoms with Gasteiger partial charge in [0.05, 0.1) is 21.3 Å². The van der Waals surface area contributed by atoms with Crippen LogP contribution in [0.5, 0.6) is 17.2 Å². The molecule has 0 spiro atoms. The summed E-state index contributed by atoms with van der Waals surface area (Å²) in [4.78, 5) is 0.